The van der Waals surface area contributed by atoms with Crippen molar-refractivity contribution in [3.05, 3.63) is 41.1 Å². The van der Waals surface area contributed by atoms with Crippen molar-refractivity contribution < 1.29 is 4.79 Å². The maximum atomic E-state index is 12.4. The van der Waals surface area contributed by atoms with Crippen LogP contribution in [0, 0.1) is 18.3 Å². The number of rotatable bonds is 6. The molecule has 1 N–H and O–H groups in total. The van der Waals surface area contributed by atoms with Gasteiger partial charge < -0.3 is 10.2 Å². The topological polar surface area (TPSA) is 56.1 Å². The van der Waals surface area contributed by atoms with Gasteiger partial charge in [-0.25, -0.2) is 0 Å². The van der Waals surface area contributed by atoms with Gasteiger partial charge in [0.25, 0.3) is 5.91 Å². The number of nitrogens with one attached hydrogen (secondary N) is 1. The standard InChI is InChI=1S/C18H25N3O/c1-6-21(7-2)12-15(11-19)18(22)20-17-14(5)9-8-10-16(17)13(3)4/h8-10,12-13H,6-7H2,1-5H3,(H,20,22)/b15-12-. The van der Waals surface area contributed by atoms with Gasteiger partial charge in [-0.15, -0.1) is 0 Å². The van der Waals surface area contributed by atoms with Crippen LogP contribution in [-0.4, -0.2) is 23.9 Å². The van der Waals surface area contributed by atoms with E-state index in [1.165, 1.54) is 0 Å². The number of anilines is 1. The molecule has 1 rings (SSSR count). The van der Waals surface area contributed by atoms with Crippen LogP contribution < -0.4 is 5.32 Å². The van der Waals surface area contributed by atoms with E-state index in [4.69, 9.17) is 0 Å². The molecule has 0 aliphatic carbocycles. The number of carbonyl (C=O) groups is 1. The molecule has 1 amide bonds. The summed E-state index contributed by atoms with van der Waals surface area (Å²) in [5.41, 5.74) is 3.01. The van der Waals surface area contributed by atoms with Gasteiger partial charge in [-0.05, 0) is 37.8 Å². The first-order valence-electron chi connectivity index (χ1n) is 7.71. The Morgan fingerprint density at radius 1 is 1.36 bits per heavy atom. The molecule has 0 unspecified atom stereocenters. The molecular weight excluding hydrogens is 274 g/mol. The number of hydrogen-bond donors (Lipinski definition) is 1. The fourth-order valence-electron chi connectivity index (χ4n) is 2.25. The summed E-state index contributed by atoms with van der Waals surface area (Å²) in [4.78, 5) is 14.3. The molecule has 0 saturated heterocycles. The van der Waals surface area contributed by atoms with E-state index in [0.29, 0.717) is 5.92 Å². The van der Waals surface area contributed by atoms with Crippen molar-refractivity contribution in [3.8, 4) is 6.07 Å². The lowest BCUT2D eigenvalue weighted by atomic mass is 9.98. The smallest absolute Gasteiger partial charge is 0.267 e. The zero-order valence-corrected chi connectivity index (χ0v) is 14.1. The molecule has 0 spiro atoms. The molecule has 1 aromatic carbocycles. The summed E-state index contributed by atoms with van der Waals surface area (Å²) in [6, 6.07) is 7.95. The lowest BCUT2D eigenvalue weighted by Crippen LogP contribution is -2.21. The zero-order chi connectivity index (χ0) is 16.7. The highest BCUT2D eigenvalue weighted by Crippen LogP contribution is 2.27. The van der Waals surface area contributed by atoms with Crippen molar-refractivity contribution in [1.29, 1.82) is 5.26 Å². The molecule has 118 valence electrons. The molecule has 0 radical (unpaired) electrons. The third-order valence-corrected chi connectivity index (χ3v) is 3.65. The fraction of sp³-hybridized carbons (Fsp3) is 0.444. The predicted octanol–water partition coefficient (Wildman–Crippen LogP) is 3.81. The van der Waals surface area contributed by atoms with Gasteiger partial charge in [0, 0.05) is 25.0 Å². The van der Waals surface area contributed by atoms with Crippen LogP contribution in [0.15, 0.2) is 30.0 Å². The minimum Gasteiger partial charge on any atom is -0.377 e. The number of amides is 1. The highest BCUT2D eigenvalue weighted by Gasteiger charge is 2.15. The number of para-hydroxylation sites is 1. The Morgan fingerprint density at radius 3 is 2.50 bits per heavy atom. The third kappa shape index (κ3) is 4.36. The minimum absolute atomic E-state index is 0.127. The monoisotopic (exact) mass is 299 g/mol. The summed E-state index contributed by atoms with van der Waals surface area (Å²) in [7, 11) is 0. The first kappa shape index (κ1) is 17.8. The summed E-state index contributed by atoms with van der Waals surface area (Å²) in [6.45, 7) is 11.6. The van der Waals surface area contributed by atoms with Crippen molar-refractivity contribution in [2.75, 3.05) is 18.4 Å². The summed E-state index contributed by atoms with van der Waals surface area (Å²) in [5.74, 6) is -0.0573. The van der Waals surface area contributed by atoms with Gasteiger partial charge in [-0.3, -0.25) is 4.79 Å². The van der Waals surface area contributed by atoms with Crippen LogP contribution in [-0.2, 0) is 4.79 Å². The minimum atomic E-state index is -0.356. The highest BCUT2D eigenvalue weighted by molar-refractivity contribution is 6.07. The van der Waals surface area contributed by atoms with Gasteiger partial charge in [-0.2, -0.15) is 5.26 Å². The largest absolute Gasteiger partial charge is 0.377 e. The SMILES string of the molecule is CCN(/C=C(/C#N)C(=O)Nc1c(C)cccc1C(C)C)CC. The Labute approximate surface area is 133 Å². The van der Waals surface area contributed by atoms with Crippen molar-refractivity contribution in [2.45, 2.75) is 40.5 Å². The zero-order valence-electron chi connectivity index (χ0n) is 14.1. The molecular formula is C18H25N3O. The van der Waals surface area contributed by atoms with Crippen LogP contribution in [0.2, 0.25) is 0 Å². The molecule has 0 saturated carbocycles. The summed E-state index contributed by atoms with van der Waals surface area (Å²) >= 11 is 0. The van der Waals surface area contributed by atoms with Gasteiger partial charge in [0.2, 0.25) is 0 Å². The number of carbonyl (C=O) groups excluding carboxylic acids is 1. The van der Waals surface area contributed by atoms with E-state index in [1.807, 2.05) is 49.9 Å². The Kier molecular flexibility index (Phi) is 6.65. The number of nitrogens with zero attached hydrogens (tertiary/aromatic N) is 2. The third-order valence-electron chi connectivity index (χ3n) is 3.65. The molecule has 0 aliphatic rings. The molecule has 0 fully saturated rings. The maximum absolute atomic E-state index is 12.4. The van der Waals surface area contributed by atoms with Crippen LogP contribution in [0.5, 0.6) is 0 Å². The summed E-state index contributed by atoms with van der Waals surface area (Å²) in [6.07, 6.45) is 1.63. The Balaban J connectivity index is 3.09. The second-order valence-electron chi connectivity index (χ2n) is 5.52. The first-order chi connectivity index (χ1) is 10.4. The van der Waals surface area contributed by atoms with Crippen LogP contribution in [0.4, 0.5) is 5.69 Å². The maximum Gasteiger partial charge on any atom is 0.267 e. The normalized spacial score (nSPS) is 11.2. The van der Waals surface area contributed by atoms with E-state index in [2.05, 4.69) is 19.2 Å². The lowest BCUT2D eigenvalue weighted by molar-refractivity contribution is -0.112. The lowest BCUT2D eigenvalue weighted by Gasteiger charge is -2.18. The van der Waals surface area contributed by atoms with Crippen LogP contribution in [0.3, 0.4) is 0 Å². The van der Waals surface area contributed by atoms with Gasteiger partial charge in [-0.1, -0.05) is 32.0 Å². The molecule has 0 bridgehead atoms. The van der Waals surface area contributed by atoms with Crippen molar-refractivity contribution in [2.24, 2.45) is 0 Å². The number of hydrogen-bond acceptors (Lipinski definition) is 3. The molecule has 1 aromatic rings. The molecule has 22 heavy (non-hydrogen) atoms. The van der Waals surface area contributed by atoms with Gasteiger partial charge in [0.05, 0.1) is 0 Å². The van der Waals surface area contributed by atoms with Gasteiger partial charge in [0.1, 0.15) is 11.6 Å². The van der Waals surface area contributed by atoms with Crippen LogP contribution in [0.25, 0.3) is 0 Å². The number of benzene rings is 1. The van der Waals surface area contributed by atoms with E-state index in [9.17, 15) is 10.1 Å². The van der Waals surface area contributed by atoms with Crippen molar-refractivity contribution in [1.82, 2.24) is 4.90 Å². The molecule has 0 atom stereocenters. The Bertz CT molecular complexity index is 593. The van der Waals surface area contributed by atoms with Crippen LogP contribution in [0.1, 0.15) is 44.7 Å². The molecule has 0 heterocycles. The van der Waals surface area contributed by atoms with Gasteiger partial charge in [0.15, 0.2) is 0 Å². The van der Waals surface area contributed by atoms with Crippen molar-refractivity contribution in [3.63, 3.8) is 0 Å². The quantitative estimate of drug-likeness (QED) is 0.642. The molecule has 4 heteroatoms. The van der Waals surface area contributed by atoms with Crippen molar-refractivity contribution >= 4 is 11.6 Å². The predicted molar refractivity (Wildman–Crippen MR) is 90.5 cm³/mol. The second kappa shape index (κ2) is 8.23. The average molecular weight is 299 g/mol. The Hall–Kier alpha value is -2.28. The highest BCUT2D eigenvalue weighted by atomic mass is 16.1. The van der Waals surface area contributed by atoms with E-state index in [1.54, 1.807) is 6.20 Å². The van der Waals surface area contributed by atoms with Crippen LogP contribution >= 0.6 is 0 Å². The summed E-state index contributed by atoms with van der Waals surface area (Å²) in [5, 5.41) is 12.2. The van der Waals surface area contributed by atoms with E-state index >= 15 is 0 Å². The molecule has 0 aromatic heterocycles. The van der Waals surface area contributed by atoms with Gasteiger partial charge >= 0.3 is 0 Å². The molecule has 4 nitrogen and oxygen atoms in total. The average Bonchev–Trinajstić information content (AvgIpc) is 2.50. The first-order valence-corrected chi connectivity index (χ1v) is 7.71. The summed E-state index contributed by atoms with van der Waals surface area (Å²) < 4.78 is 0. The molecule has 0 aliphatic heterocycles. The fourth-order valence-corrected chi connectivity index (χ4v) is 2.25. The second-order valence-corrected chi connectivity index (χ2v) is 5.52. The van der Waals surface area contributed by atoms with E-state index in [-0.39, 0.29) is 11.5 Å². The van der Waals surface area contributed by atoms with E-state index in [0.717, 1.165) is 29.9 Å². The number of aryl methyl sites for hydroxylation is 1. The Morgan fingerprint density at radius 2 is 2.00 bits per heavy atom. The number of nitriles is 1. The van der Waals surface area contributed by atoms with E-state index < -0.39 is 0 Å².